The molecule has 1 saturated heterocycles. The normalized spacial score (nSPS) is 15.7. The van der Waals surface area contributed by atoms with Gasteiger partial charge < -0.3 is 9.64 Å². The zero-order valence-corrected chi connectivity index (χ0v) is 13.8. The van der Waals surface area contributed by atoms with Crippen molar-refractivity contribution in [2.75, 3.05) is 19.8 Å². The van der Waals surface area contributed by atoms with E-state index in [0.29, 0.717) is 13.1 Å². The van der Waals surface area contributed by atoms with Crippen LogP contribution in [0.2, 0.25) is 0 Å². The first-order chi connectivity index (χ1) is 11.1. The fourth-order valence-corrected chi connectivity index (χ4v) is 2.88. The highest BCUT2D eigenvalue weighted by atomic mass is 16.5. The van der Waals surface area contributed by atoms with Crippen molar-refractivity contribution < 1.29 is 9.53 Å². The van der Waals surface area contributed by atoms with Crippen molar-refractivity contribution in [2.24, 2.45) is 5.41 Å². The Balaban J connectivity index is 1.81. The molecule has 3 heteroatoms. The Morgan fingerprint density at radius 3 is 2.30 bits per heavy atom. The molecule has 3 rings (SSSR count). The summed E-state index contributed by atoms with van der Waals surface area (Å²) in [7, 11) is 0. The summed E-state index contributed by atoms with van der Waals surface area (Å²) in [5, 5.41) is 0. The first-order valence-corrected chi connectivity index (χ1v) is 8.03. The highest BCUT2D eigenvalue weighted by Gasteiger charge is 2.36. The van der Waals surface area contributed by atoms with Gasteiger partial charge in [0.05, 0.1) is 13.2 Å². The Labute approximate surface area is 137 Å². The minimum atomic E-state index is 0.0646. The predicted octanol–water partition coefficient (Wildman–Crippen LogP) is 3.67. The van der Waals surface area contributed by atoms with Gasteiger partial charge in [-0.25, -0.2) is 0 Å². The van der Waals surface area contributed by atoms with E-state index < -0.39 is 0 Å². The largest absolute Gasteiger partial charge is 0.380 e. The number of rotatable bonds is 5. The Kier molecular flexibility index (Phi) is 4.49. The van der Waals surface area contributed by atoms with Crippen LogP contribution >= 0.6 is 0 Å². The maximum absolute atomic E-state index is 13.0. The third kappa shape index (κ3) is 3.80. The molecule has 1 heterocycles. The van der Waals surface area contributed by atoms with Gasteiger partial charge in [-0.15, -0.1) is 0 Å². The standard InChI is InChI=1S/C20H23NO2/c1-16-8-10-18(11-9-16)19(22)21(13-20(2)14-23-15-20)12-17-6-4-3-5-7-17/h3-11H,12-15H2,1-2H3. The van der Waals surface area contributed by atoms with Gasteiger partial charge in [-0.2, -0.15) is 0 Å². The first-order valence-electron chi connectivity index (χ1n) is 8.03. The monoisotopic (exact) mass is 309 g/mol. The van der Waals surface area contributed by atoms with Crippen LogP contribution in [0.5, 0.6) is 0 Å². The molecule has 1 amide bonds. The van der Waals surface area contributed by atoms with Gasteiger partial charge in [0.1, 0.15) is 0 Å². The van der Waals surface area contributed by atoms with E-state index in [1.807, 2.05) is 54.3 Å². The fourth-order valence-electron chi connectivity index (χ4n) is 2.88. The van der Waals surface area contributed by atoms with Crippen molar-refractivity contribution >= 4 is 5.91 Å². The van der Waals surface area contributed by atoms with E-state index in [1.54, 1.807) is 0 Å². The molecule has 2 aromatic carbocycles. The van der Waals surface area contributed by atoms with Crippen molar-refractivity contribution in [1.82, 2.24) is 4.90 Å². The van der Waals surface area contributed by atoms with E-state index in [9.17, 15) is 4.79 Å². The number of amides is 1. The fraction of sp³-hybridized carbons (Fsp3) is 0.350. The molecule has 0 N–H and O–H groups in total. The molecule has 1 aliphatic rings. The smallest absolute Gasteiger partial charge is 0.254 e. The molecule has 0 bridgehead atoms. The quantitative estimate of drug-likeness (QED) is 0.843. The Hall–Kier alpha value is -2.13. The topological polar surface area (TPSA) is 29.5 Å². The summed E-state index contributed by atoms with van der Waals surface area (Å²) in [5.41, 5.74) is 3.12. The molecule has 0 aliphatic carbocycles. The molecule has 0 saturated carbocycles. The van der Waals surface area contributed by atoms with Crippen LogP contribution in [-0.4, -0.2) is 30.6 Å². The van der Waals surface area contributed by atoms with Gasteiger partial charge in [0.25, 0.3) is 5.91 Å². The summed E-state index contributed by atoms with van der Waals surface area (Å²) in [6.45, 7) is 7.00. The minimum Gasteiger partial charge on any atom is -0.380 e. The third-order valence-electron chi connectivity index (χ3n) is 4.28. The Bertz CT molecular complexity index is 660. The highest BCUT2D eigenvalue weighted by Crippen LogP contribution is 2.29. The molecule has 0 unspecified atom stereocenters. The van der Waals surface area contributed by atoms with Crippen LogP contribution in [0.25, 0.3) is 0 Å². The summed E-state index contributed by atoms with van der Waals surface area (Å²) in [6.07, 6.45) is 0. The van der Waals surface area contributed by atoms with Crippen molar-refractivity contribution in [3.05, 3.63) is 71.3 Å². The van der Waals surface area contributed by atoms with Crippen LogP contribution < -0.4 is 0 Å². The SMILES string of the molecule is Cc1ccc(C(=O)N(Cc2ccccc2)CC2(C)COC2)cc1. The number of nitrogens with zero attached hydrogens (tertiary/aromatic N) is 1. The molecule has 3 nitrogen and oxygen atoms in total. The molecular weight excluding hydrogens is 286 g/mol. The number of aryl methyl sites for hydroxylation is 1. The summed E-state index contributed by atoms with van der Waals surface area (Å²) >= 11 is 0. The zero-order chi connectivity index (χ0) is 16.3. The van der Waals surface area contributed by atoms with Gasteiger partial charge in [0, 0.05) is 24.1 Å². The summed E-state index contributed by atoms with van der Waals surface area (Å²) < 4.78 is 5.35. The van der Waals surface area contributed by atoms with Crippen molar-refractivity contribution in [3.63, 3.8) is 0 Å². The van der Waals surface area contributed by atoms with Crippen LogP contribution in [0.3, 0.4) is 0 Å². The first kappa shape index (κ1) is 15.8. The number of hydrogen-bond acceptors (Lipinski definition) is 2. The number of ether oxygens (including phenoxy) is 1. The third-order valence-corrected chi connectivity index (χ3v) is 4.28. The van der Waals surface area contributed by atoms with Gasteiger partial charge in [-0.1, -0.05) is 55.0 Å². The number of carbonyl (C=O) groups excluding carboxylic acids is 1. The van der Waals surface area contributed by atoms with Gasteiger partial charge in [0.15, 0.2) is 0 Å². The van der Waals surface area contributed by atoms with Gasteiger partial charge in [-0.05, 0) is 24.6 Å². The lowest BCUT2D eigenvalue weighted by Crippen LogP contribution is -2.50. The Morgan fingerprint density at radius 2 is 1.74 bits per heavy atom. The maximum atomic E-state index is 13.0. The average Bonchev–Trinajstić information content (AvgIpc) is 2.54. The maximum Gasteiger partial charge on any atom is 0.254 e. The van der Waals surface area contributed by atoms with Crippen molar-refractivity contribution in [3.8, 4) is 0 Å². The molecule has 120 valence electrons. The van der Waals surface area contributed by atoms with Crippen molar-refractivity contribution in [1.29, 1.82) is 0 Å². The van der Waals surface area contributed by atoms with E-state index in [4.69, 9.17) is 4.74 Å². The molecule has 0 radical (unpaired) electrons. The summed E-state index contributed by atoms with van der Waals surface area (Å²) in [4.78, 5) is 14.9. The molecule has 2 aromatic rings. The molecule has 1 aliphatic heterocycles. The molecule has 0 spiro atoms. The lowest BCUT2D eigenvalue weighted by molar-refractivity contribution is -0.111. The van der Waals surface area contributed by atoms with E-state index in [0.717, 1.165) is 29.9 Å². The molecular formula is C20H23NO2. The van der Waals surface area contributed by atoms with E-state index >= 15 is 0 Å². The number of hydrogen-bond donors (Lipinski definition) is 0. The number of benzene rings is 2. The van der Waals surface area contributed by atoms with Crippen molar-refractivity contribution in [2.45, 2.75) is 20.4 Å². The van der Waals surface area contributed by atoms with Crippen LogP contribution in [-0.2, 0) is 11.3 Å². The molecule has 0 aromatic heterocycles. The van der Waals surface area contributed by atoms with E-state index in [1.165, 1.54) is 0 Å². The highest BCUT2D eigenvalue weighted by molar-refractivity contribution is 5.94. The second-order valence-electron chi connectivity index (χ2n) is 6.82. The average molecular weight is 309 g/mol. The molecule has 1 fully saturated rings. The van der Waals surface area contributed by atoms with E-state index in [-0.39, 0.29) is 11.3 Å². The second kappa shape index (κ2) is 6.55. The second-order valence-corrected chi connectivity index (χ2v) is 6.82. The lowest BCUT2D eigenvalue weighted by atomic mass is 9.87. The van der Waals surface area contributed by atoms with Crippen LogP contribution in [0.4, 0.5) is 0 Å². The molecule has 0 atom stereocenters. The van der Waals surface area contributed by atoms with Gasteiger partial charge in [-0.3, -0.25) is 4.79 Å². The lowest BCUT2D eigenvalue weighted by Gasteiger charge is -2.41. The summed E-state index contributed by atoms with van der Waals surface area (Å²) in [6, 6.07) is 17.9. The Morgan fingerprint density at radius 1 is 1.09 bits per heavy atom. The zero-order valence-electron chi connectivity index (χ0n) is 13.8. The van der Waals surface area contributed by atoms with Gasteiger partial charge >= 0.3 is 0 Å². The predicted molar refractivity (Wildman–Crippen MR) is 91.3 cm³/mol. The van der Waals surface area contributed by atoms with Crippen LogP contribution in [0.15, 0.2) is 54.6 Å². The van der Waals surface area contributed by atoms with Crippen LogP contribution in [0, 0.1) is 12.3 Å². The van der Waals surface area contributed by atoms with Gasteiger partial charge in [0.2, 0.25) is 0 Å². The minimum absolute atomic E-state index is 0.0646. The van der Waals surface area contributed by atoms with Crippen LogP contribution in [0.1, 0.15) is 28.4 Å². The molecule has 23 heavy (non-hydrogen) atoms. The summed E-state index contributed by atoms with van der Waals surface area (Å²) in [5.74, 6) is 0.0852. The number of carbonyl (C=O) groups is 1. The van der Waals surface area contributed by atoms with E-state index in [2.05, 4.69) is 19.1 Å².